The zero-order valence-corrected chi connectivity index (χ0v) is 12.6. The smallest absolute Gasteiger partial charge is 0.399 e. The van der Waals surface area contributed by atoms with Crippen LogP contribution >= 0.6 is 11.6 Å². The molecule has 0 fully saturated rings. The summed E-state index contributed by atoms with van der Waals surface area (Å²) in [6, 6.07) is 3.66. The predicted octanol–water partition coefficient (Wildman–Crippen LogP) is 4.12. The molecule has 118 valence electrons. The van der Waals surface area contributed by atoms with Crippen molar-refractivity contribution in [2.24, 2.45) is 0 Å². The Kier molecular flexibility index (Phi) is 5.89. The Labute approximate surface area is 126 Å². The lowest BCUT2D eigenvalue weighted by atomic mass is 10.1. The number of amides is 1. The summed E-state index contributed by atoms with van der Waals surface area (Å²) in [6.45, 7) is 2.20. The maximum absolute atomic E-state index is 12.7. The summed E-state index contributed by atoms with van der Waals surface area (Å²) in [5, 5.41) is 0.0538. The van der Waals surface area contributed by atoms with E-state index < -0.39 is 24.7 Å². The highest BCUT2D eigenvalue weighted by Crippen LogP contribution is 2.26. The lowest BCUT2D eigenvalue weighted by Crippen LogP contribution is -2.45. The highest BCUT2D eigenvalue weighted by Gasteiger charge is 2.36. The van der Waals surface area contributed by atoms with Crippen molar-refractivity contribution < 1.29 is 18.0 Å². The van der Waals surface area contributed by atoms with E-state index in [1.165, 1.54) is 18.2 Å². The van der Waals surface area contributed by atoms with Crippen LogP contribution in [-0.2, 0) is 0 Å². The number of halogens is 4. The molecule has 0 saturated heterocycles. The SMILES string of the molecule is CCC(CC)N(CC(F)(F)F)C(=O)c1ccc(N)cc1Cl. The molecule has 0 atom stereocenters. The van der Waals surface area contributed by atoms with Gasteiger partial charge in [0.2, 0.25) is 0 Å². The molecule has 1 aromatic rings. The quantitative estimate of drug-likeness (QED) is 0.829. The van der Waals surface area contributed by atoms with E-state index in [0.717, 1.165) is 4.90 Å². The molecule has 3 nitrogen and oxygen atoms in total. The van der Waals surface area contributed by atoms with E-state index in [-0.39, 0.29) is 10.6 Å². The van der Waals surface area contributed by atoms with Crippen LogP contribution in [0.3, 0.4) is 0 Å². The number of carbonyl (C=O) groups is 1. The third-order valence-electron chi connectivity index (χ3n) is 3.22. The Hall–Kier alpha value is -1.43. The molecular formula is C14H18ClF3N2O. The van der Waals surface area contributed by atoms with Crippen molar-refractivity contribution in [2.75, 3.05) is 12.3 Å². The number of alkyl halides is 3. The molecule has 0 spiro atoms. The maximum atomic E-state index is 12.7. The molecule has 0 aromatic heterocycles. The van der Waals surface area contributed by atoms with Gasteiger partial charge in [-0.05, 0) is 31.0 Å². The number of anilines is 1. The van der Waals surface area contributed by atoms with Gasteiger partial charge in [-0.15, -0.1) is 0 Å². The normalized spacial score (nSPS) is 11.8. The number of hydrogen-bond acceptors (Lipinski definition) is 2. The van der Waals surface area contributed by atoms with Crippen LogP contribution in [0.5, 0.6) is 0 Å². The zero-order chi connectivity index (χ0) is 16.2. The van der Waals surface area contributed by atoms with Gasteiger partial charge in [0.15, 0.2) is 0 Å². The molecule has 7 heteroatoms. The van der Waals surface area contributed by atoms with Crippen LogP contribution in [-0.4, -0.2) is 29.6 Å². The summed E-state index contributed by atoms with van der Waals surface area (Å²) in [5.74, 6) is -0.731. The molecule has 1 amide bonds. The van der Waals surface area contributed by atoms with Crippen molar-refractivity contribution >= 4 is 23.2 Å². The van der Waals surface area contributed by atoms with E-state index >= 15 is 0 Å². The minimum atomic E-state index is -4.46. The molecule has 1 aromatic carbocycles. The van der Waals surface area contributed by atoms with Gasteiger partial charge in [-0.3, -0.25) is 4.79 Å². The number of rotatable bonds is 5. The van der Waals surface area contributed by atoms with E-state index in [2.05, 4.69) is 0 Å². The Morgan fingerprint density at radius 2 is 1.90 bits per heavy atom. The van der Waals surface area contributed by atoms with Crippen LogP contribution in [0.1, 0.15) is 37.0 Å². The maximum Gasteiger partial charge on any atom is 0.406 e. The van der Waals surface area contributed by atoms with Crippen LogP contribution in [0.2, 0.25) is 5.02 Å². The average Bonchev–Trinajstić information content (AvgIpc) is 2.37. The second-order valence-corrected chi connectivity index (χ2v) is 5.17. The van der Waals surface area contributed by atoms with Gasteiger partial charge in [-0.2, -0.15) is 13.2 Å². The lowest BCUT2D eigenvalue weighted by molar-refractivity contribution is -0.144. The zero-order valence-electron chi connectivity index (χ0n) is 11.9. The molecule has 0 aliphatic heterocycles. The third-order valence-corrected chi connectivity index (χ3v) is 3.53. The van der Waals surface area contributed by atoms with Crippen LogP contribution < -0.4 is 5.73 Å². The fourth-order valence-electron chi connectivity index (χ4n) is 2.15. The van der Waals surface area contributed by atoms with Gasteiger partial charge in [-0.1, -0.05) is 25.4 Å². The van der Waals surface area contributed by atoms with Crippen LogP contribution in [0.25, 0.3) is 0 Å². The molecule has 0 radical (unpaired) electrons. The molecular weight excluding hydrogens is 305 g/mol. The number of benzene rings is 1. The fourth-order valence-corrected chi connectivity index (χ4v) is 2.42. The first-order chi connectivity index (χ1) is 9.69. The molecule has 1 rings (SSSR count). The van der Waals surface area contributed by atoms with Crippen molar-refractivity contribution in [3.63, 3.8) is 0 Å². The van der Waals surface area contributed by atoms with Crippen LogP contribution in [0, 0.1) is 0 Å². The van der Waals surface area contributed by atoms with Gasteiger partial charge in [0.25, 0.3) is 5.91 Å². The van der Waals surface area contributed by atoms with Crippen molar-refractivity contribution in [2.45, 2.75) is 38.9 Å². The third kappa shape index (κ3) is 4.81. The second-order valence-electron chi connectivity index (χ2n) is 4.76. The van der Waals surface area contributed by atoms with Gasteiger partial charge in [0, 0.05) is 11.7 Å². The highest BCUT2D eigenvalue weighted by molar-refractivity contribution is 6.34. The average molecular weight is 323 g/mol. The van der Waals surface area contributed by atoms with Gasteiger partial charge in [-0.25, -0.2) is 0 Å². The first-order valence-corrected chi connectivity index (χ1v) is 7.00. The molecule has 0 bridgehead atoms. The number of carbonyl (C=O) groups excluding carboxylic acids is 1. The van der Waals surface area contributed by atoms with Crippen molar-refractivity contribution in [1.82, 2.24) is 4.90 Å². The van der Waals surface area contributed by atoms with Gasteiger partial charge >= 0.3 is 6.18 Å². The number of nitrogen functional groups attached to an aromatic ring is 1. The van der Waals surface area contributed by atoms with E-state index in [4.69, 9.17) is 17.3 Å². The van der Waals surface area contributed by atoms with E-state index in [9.17, 15) is 18.0 Å². The van der Waals surface area contributed by atoms with Gasteiger partial charge in [0.05, 0.1) is 10.6 Å². The summed E-state index contributed by atoms with van der Waals surface area (Å²) in [7, 11) is 0. The van der Waals surface area contributed by atoms with E-state index in [1.807, 2.05) is 0 Å². The molecule has 0 saturated carbocycles. The van der Waals surface area contributed by atoms with Gasteiger partial charge < -0.3 is 10.6 Å². The topological polar surface area (TPSA) is 46.3 Å². The standard InChI is InChI=1S/C14H18ClF3N2O/c1-3-10(4-2)20(8-14(16,17)18)13(21)11-6-5-9(19)7-12(11)15/h5-7,10H,3-4,8,19H2,1-2H3. The predicted molar refractivity (Wildman–Crippen MR) is 77.3 cm³/mol. The van der Waals surface area contributed by atoms with Crippen LogP contribution in [0.4, 0.5) is 18.9 Å². The summed E-state index contributed by atoms with van der Waals surface area (Å²) < 4.78 is 38.2. The van der Waals surface area contributed by atoms with Crippen molar-refractivity contribution in [1.29, 1.82) is 0 Å². The minimum Gasteiger partial charge on any atom is -0.399 e. The number of nitrogens with zero attached hydrogens (tertiary/aromatic N) is 1. The molecule has 21 heavy (non-hydrogen) atoms. The molecule has 2 N–H and O–H groups in total. The first-order valence-electron chi connectivity index (χ1n) is 6.62. The van der Waals surface area contributed by atoms with Gasteiger partial charge in [0.1, 0.15) is 6.54 Å². The summed E-state index contributed by atoms with van der Waals surface area (Å²) in [5.41, 5.74) is 5.91. The number of nitrogens with two attached hydrogens (primary N) is 1. The van der Waals surface area contributed by atoms with Crippen LogP contribution in [0.15, 0.2) is 18.2 Å². The Balaban J connectivity index is 3.15. The Morgan fingerprint density at radius 3 is 2.33 bits per heavy atom. The van der Waals surface area contributed by atoms with E-state index in [1.54, 1.807) is 13.8 Å². The Morgan fingerprint density at radius 1 is 1.33 bits per heavy atom. The van der Waals surface area contributed by atoms with Crippen molar-refractivity contribution in [3.8, 4) is 0 Å². The molecule has 0 heterocycles. The fraction of sp³-hybridized carbons (Fsp3) is 0.500. The Bertz CT molecular complexity index is 501. The summed E-state index contributed by atoms with van der Waals surface area (Å²) in [6.07, 6.45) is -3.59. The molecule has 0 unspecified atom stereocenters. The summed E-state index contributed by atoms with van der Waals surface area (Å²) in [4.78, 5) is 13.2. The second kappa shape index (κ2) is 7.02. The largest absolute Gasteiger partial charge is 0.406 e. The molecule has 0 aliphatic rings. The summed E-state index contributed by atoms with van der Waals surface area (Å²) >= 11 is 5.92. The minimum absolute atomic E-state index is 0.0296. The molecule has 0 aliphatic carbocycles. The lowest BCUT2D eigenvalue weighted by Gasteiger charge is -2.31. The first kappa shape index (κ1) is 17.6. The van der Waals surface area contributed by atoms with Crippen molar-refractivity contribution in [3.05, 3.63) is 28.8 Å². The number of hydrogen-bond donors (Lipinski definition) is 1. The monoisotopic (exact) mass is 322 g/mol. The van der Waals surface area contributed by atoms with E-state index in [0.29, 0.717) is 18.5 Å². The highest BCUT2D eigenvalue weighted by atomic mass is 35.5.